The average molecular weight is 294 g/mol. The molecular weight excluding hydrogens is 260 g/mol. The number of unbranched alkanes of at least 4 members (excludes halogenated alkanes) is 5. The minimum absolute atomic E-state index is 0.279. The van der Waals surface area contributed by atoms with Gasteiger partial charge in [0, 0.05) is 6.42 Å². The third-order valence-electron chi connectivity index (χ3n) is 3.86. The van der Waals surface area contributed by atoms with Crippen molar-refractivity contribution in [1.29, 1.82) is 0 Å². The number of hydrogen-bond acceptors (Lipinski definition) is 1. The van der Waals surface area contributed by atoms with Crippen molar-refractivity contribution in [3.05, 3.63) is 24.3 Å². The molecule has 1 unspecified atom stereocenters. The van der Waals surface area contributed by atoms with E-state index in [1.807, 2.05) is 0 Å². The van der Waals surface area contributed by atoms with Crippen LogP contribution in [-0.2, 0) is 4.79 Å². The highest BCUT2D eigenvalue weighted by molar-refractivity contribution is 5.66. The highest BCUT2D eigenvalue weighted by Crippen LogP contribution is 2.13. The molecule has 0 spiro atoms. The second-order valence-corrected chi connectivity index (χ2v) is 5.96. The van der Waals surface area contributed by atoms with Gasteiger partial charge in [-0.25, -0.2) is 0 Å². The van der Waals surface area contributed by atoms with E-state index in [0.29, 0.717) is 0 Å². The summed E-state index contributed by atoms with van der Waals surface area (Å²) in [6, 6.07) is 0. The molecule has 0 amide bonds. The molecule has 0 rings (SSSR count). The summed E-state index contributed by atoms with van der Waals surface area (Å²) >= 11 is 0. The van der Waals surface area contributed by atoms with Crippen molar-refractivity contribution in [3.63, 3.8) is 0 Å². The van der Waals surface area contributed by atoms with Gasteiger partial charge < -0.3 is 5.11 Å². The number of carboxylic acid groups (broad SMARTS) is 1. The number of carboxylic acids is 1. The van der Waals surface area contributed by atoms with E-state index in [0.717, 1.165) is 31.6 Å². The zero-order chi connectivity index (χ0) is 15.8. The first-order valence-electron chi connectivity index (χ1n) is 8.68. The second-order valence-electron chi connectivity index (χ2n) is 5.96. The van der Waals surface area contributed by atoms with Gasteiger partial charge >= 0.3 is 5.97 Å². The maximum absolute atomic E-state index is 10.3. The van der Waals surface area contributed by atoms with E-state index in [2.05, 4.69) is 38.2 Å². The number of rotatable bonds is 14. The minimum Gasteiger partial charge on any atom is -0.481 e. The van der Waals surface area contributed by atoms with E-state index in [9.17, 15) is 4.79 Å². The lowest BCUT2D eigenvalue weighted by Crippen LogP contribution is -1.92. The van der Waals surface area contributed by atoms with Gasteiger partial charge in [0.05, 0.1) is 0 Å². The molecule has 1 N–H and O–H groups in total. The molecule has 0 fully saturated rings. The molecule has 0 aliphatic heterocycles. The third-order valence-corrected chi connectivity index (χ3v) is 3.86. The van der Waals surface area contributed by atoms with Crippen LogP contribution in [0.1, 0.15) is 84.5 Å². The summed E-state index contributed by atoms with van der Waals surface area (Å²) < 4.78 is 0. The van der Waals surface area contributed by atoms with Gasteiger partial charge in [-0.15, -0.1) is 0 Å². The van der Waals surface area contributed by atoms with E-state index in [4.69, 9.17) is 5.11 Å². The fraction of sp³-hybridized carbons (Fsp3) is 0.737. The lowest BCUT2D eigenvalue weighted by molar-refractivity contribution is -0.137. The van der Waals surface area contributed by atoms with E-state index in [-0.39, 0.29) is 6.42 Å². The quantitative estimate of drug-likeness (QED) is 0.309. The fourth-order valence-electron chi connectivity index (χ4n) is 2.17. The summed E-state index contributed by atoms with van der Waals surface area (Å²) in [5.74, 6) is 0.193. The zero-order valence-electron chi connectivity index (χ0n) is 14.0. The Balaban J connectivity index is 3.25. The number of carbonyl (C=O) groups is 1. The van der Waals surface area contributed by atoms with Crippen LogP contribution in [0.15, 0.2) is 24.3 Å². The molecule has 2 nitrogen and oxygen atoms in total. The first-order chi connectivity index (χ1) is 10.2. The third kappa shape index (κ3) is 16.9. The molecule has 21 heavy (non-hydrogen) atoms. The predicted molar refractivity (Wildman–Crippen MR) is 91.5 cm³/mol. The molecule has 0 aromatic carbocycles. The maximum Gasteiger partial charge on any atom is 0.303 e. The summed E-state index contributed by atoms with van der Waals surface area (Å²) in [4.78, 5) is 10.3. The Morgan fingerprint density at radius 3 is 2.05 bits per heavy atom. The lowest BCUT2D eigenvalue weighted by atomic mass is 10.0. The Bertz CT molecular complexity index is 292. The Morgan fingerprint density at radius 2 is 1.48 bits per heavy atom. The van der Waals surface area contributed by atoms with Crippen molar-refractivity contribution in [2.75, 3.05) is 0 Å². The van der Waals surface area contributed by atoms with Gasteiger partial charge in [0.25, 0.3) is 0 Å². The molecule has 0 aliphatic rings. The van der Waals surface area contributed by atoms with Crippen LogP contribution in [0.2, 0.25) is 0 Å². The standard InChI is InChI=1S/C19H34O2/c1-3-18(2)16-14-12-10-8-6-4-5-7-9-11-13-15-17-19(20)21/h4,6,9,11,18H,3,5,7-8,10,12-17H2,1-2H3,(H,20,21)/b6-4-,11-9-. The van der Waals surface area contributed by atoms with Gasteiger partial charge in [-0.3, -0.25) is 4.79 Å². The molecule has 0 saturated carbocycles. The summed E-state index contributed by atoms with van der Waals surface area (Å²) in [5, 5.41) is 8.50. The average Bonchev–Trinajstić information content (AvgIpc) is 2.46. The first kappa shape index (κ1) is 19.9. The van der Waals surface area contributed by atoms with Crippen molar-refractivity contribution in [2.24, 2.45) is 5.92 Å². The normalized spacial score (nSPS) is 13.2. The Kier molecular flexibility index (Phi) is 14.6. The highest BCUT2D eigenvalue weighted by Gasteiger charge is 1.97. The Labute approximate surface area is 131 Å². The van der Waals surface area contributed by atoms with Crippen molar-refractivity contribution in [2.45, 2.75) is 84.5 Å². The molecule has 0 radical (unpaired) electrons. The highest BCUT2D eigenvalue weighted by atomic mass is 16.4. The van der Waals surface area contributed by atoms with Crippen LogP contribution in [0, 0.1) is 5.92 Å². The fourth-order valence-corrected chi connectivity index (χ4v) is 2.17. The SMILES string of the molecule is CCC(C)CCCCC/C=C\CC/C=C\CCCC(=O)O. The van der Waals surface area contributed by atoms with E-state index in [1.165, 1.54) is 38.5 Å². The van der Waals surface area contributed by atoms with Crippen LogP contribution in [0.25, 0.3) is 0 Å². The van der Waals surface area contributed by atoms with Gasteiger partial charge in [0.15, 0.2) is 0 Å². The molecule has 0 aromatic heterocycles. The summed E-state index contributed by atoms with van der Waals surface area (Å²) in [7, 11) is 0. The Morgan fingerprint density at radius 1 is 0.905 bits per heavy atom. The van der Waals surface area contributed by atoms with Gasteiger partial charge in [-0.05, 0) is 44.4 Å². The smallest absolute Gasteiger partial charge is 0.303 e. The maximum atomic E-state index is 10.3. The number of aliphatic carboxylic acids is 1. The summed E-state index contributed by atoms with van der Waals surface area (Å²) in [5.41, 5.74) is 0. The molecule has 122 valence electrons. The van der Waals surface area contributed by atoms with Gasteiger partial charge in [0.1, 0.15) is 0 Å². The Hall–Kier alpha value is -1.05. The molecule has 1 atom stereocenters. The zero-order valence-corrected chi connectivity index (χ0v) is 14.0. The van der Waals surface area contributed by atoms with Crippen LogP contribution < -0.4 is 0 Å². The van der Waals surface area contributed by atoms with Gasteiger partial charge in [-0.2, -0.15) is 0 Å². The predicted octanol–water partition coefficient (Wildman–Crippen LogP) is 6.13. The second kappa shape index (κ2) is 15.3. The van der Waals surface area contributed by atoms with Crippen LogP contribution >= 0.6 is 0 Å². The van der Waals surface area contributed by atoms with Gasteiger partial charge in [-0.1, -0.05) is 63.8 Å². The molecular formula is C19H34O2. The van der Waals surface area contributed by atoms with Crippen LogP contribution in [0.5, 0.6) is 0 Å². The molecule has 2 heteroatoms. The summed E-state index contributed by atoms with van der Waals surface area (Å²) in [6.45, 7) is 4.61. The van der Waals surface area contributed by atoms with Crippen molar-refractivity contribution in [1.82, 2.24) is 0 Å². The first-order valence-corrected chi connectivity index (χ1v) is 8.68. The number of hydrogen-bond donors (Lipinski definition) is 1. The van der Waals surface area contributed by atoms with E-state index in [1.54, 1.807) is 0 Å². The molecule has 0 heterocycles. The topological polar surface area (TPSA) is 37.3 Å². The van der Waals surface area contributed by atoms with Crippen molar-refractivity contribution in [3.8, 4) is 0 Å². The van der Waals surface area contributed by atoms with Crippen molar-refractivity contribution < 1.29 is 9.90 Å². The van der Waals surface area contributed by atoms with Crippen LogP contribution in [0.4, 0.5) is 0 Å². The molecule has 0 saturated heterocycles. The number of allylic oxidation sites excluding steroid dienone is 4. The van der Waals surface area contributed by atoms with Gasteiger partial charge in [0.2, 0.25) is 0 Å². The summed E-state index contributed by atoms with van der Waals surface area (Å²) in [6.07, 6.45) is 20.9. The van der Waals surface area contributed by atoms with E-state index < -0.39 is 5.97 Å². The largest absolute Gasteiger partial charge is 0.481 e. The minimum atomic E-state index is -0.699. The lowest BCUT2D eigenvalue weighted by Gasteiger charge is -2.06. The molecule has 0 bridgehead atoms. The van der Waals surface area contributed by atoms with Crippen LogP contribution in [-0.4, -0.2) is 11.1 Å². The molecule has 0 aromatic rings. The van der Waals surface area contributed by atoms with E-state index >= 15 is 0 Å². The van der Waals surface area contributed by atoms with Crippen LogP contribution in [0.3, 0.4) is 0 Å². The molecule has 0 aliphatic carbocycles. The van der Waals surface area contributed by atoms with Crippen molar-refractivity contribution >= 4 is 5.97 Å². The monoisotopic (exact) mass is 294 g/mol.